The Balaban J connectivity index is 2.60. The van der Waals surface area contributed by atoms with Gasteiger partial charge in [0.25, 0.3) is 0 Å². The average molecular weight is 229 g/mol. The van der Waals surface area contributed by atoms with E-state index in [0.29, 0.717) is 0 Å². The van der Waals surface area contributed by atoms with Crippen LogP contribution in [0.25, 0.3) is 10.9 Å². The van der Waals surface area contributed by atoms with E-state index in [9.17, 15) is 0 Å². The van der Waals surface area contributed by atoms with Gasteiger partial charge in [0.1, 0.15) is 0 Å². The summed E-state index contributed by atoms with van der Waals surface area (Å²) in [6, 6.07) is 10.3. The highest BCUT2D eigenvalue weighted by Crippen LogP contribution is 2.14. The molecule has 0 aliphatic carbocycles. The van der Waals surface area contributed by atoms with Gasteiger partial charge in [0.2, 0.25) is 0 Å². The summed E-state index contributed by atoms with van der Waals surface area (Å²) in [7, 11) is 2.94. The minimum atomic E-state index is -0.345. The molecular formula is C13H16BNO2. The fourth-order valence-electron chi connectivity index (χ4n) is 2.10. The summed E-state index contributed by atoms with van der Waals surface area (Å²) < 4.78 is 12.8. The van der Waals surface area contributed by atoms with Crippen LogP contribution in [-0.2, 0) is 15.9 Å². The summed E-state index contributed by atoms with van der Waals surface area (Å²) >= 11 is 0. The van der Waals surface area contributed by atoms with Crippen molar-refractivity contribution in [1.82, 2.24) is 4.57 Å². The molecule has 1 heterocycles. The van der Waals surface area contributed by atoms with Crippen LogP contribution in [-0.4, -0.2) is 25.9 Å². The lowest BCUT2D eigenvalue weighted by Crippen LogP contribution is -2.39. The molecule has 3 nitrogen and oxygen atoms in total. The third kappa shape index (κ3) is 2.14. The van der Waals surface area contributed by atoms with E-state index in [0.717, 1.165) is 12.1 Å². The summed E-state index contributed by atoms with van der Waals surface area (Å²) in [6.45, 7) is 4.53. The molecular weight excluding hydrogens is 213 g/mol. The van der Waals surface area contributed by atoms with E-state index in [4.69, 9.17) is 9.31 Å². The lowest BCUT2D eigenvalue weighted by Gasteiger charge is -2.12. The Morgan fingerprint density at radius 2 is 2.00 bits per heavy atom. The Kier molecular flexibility index (Phi) is 3.66. The molecule has 0 radical (unpaired) electrons. The van der Waals surface area contributed by atoms with Crippen molar-refractivity contribution in [3.05, 3.63) is 43.0 Å². The van der Waals surface area contributed by atoms with Gasteiger partial charge in [-0.2, -0.15) is 0 Å². The second-order valence-electron chi connectivity index (χ2n) is 3.83. The maximum atomic E-state index is 5.32. The van der Waals surface area contributed by atoms with Crippen LogP contribution in [0.15, 0.2) is 43.0 Å². The van der Waals surface area contributed by atoms with Gasteiger partial charge in [-0.25, -0.2) is 0 Å². The van der Waals surface area contributed by atoms with Gasteiger partial charge in [-0.15, -0.1) is 6.58 Å². The molecule has 0 aliphatic rings. The van der Waals surface area contributed by atoms with Gasteiger partial charge in [-0.05, 0) is 17.5 Å². The molecule has 0 aliphatic heterocycles. The monoisotopic (exact) mass is 229 g/mol. The highest BCUT2D eigenvalue weighted by molar-refractivity contribution is 6.61. The molecule has 17 heavy (non-hydrogen) atoms. The molecule has 0 unspecified atom stereocenters. The van der Waals surface area contributed by atoms with Crippen LogP contribution in [0, 0.1) is 0 Å². The summed E-state index contributed by atoms with van der Waals surface area (Å²) in [4.78, 5) is 0. The van der Waals surface area contributed by atoms with Gasteiger partial charge in [-0.3, -0.25) is 0 Å². The summed E-state index contributed by atoms with van der Waals surface area (Å²) in [5.41, 5.74) is 2.18. The van der Waals surface area contributed by atoms with Gasteiger partial charge in [-0.1, -0.05) is 24.3 Å². The van der Waals surface area contributed by atoms with E-state index in [2.05, 4.69) is 29.3 Å². The number of fused-ring (bicyclic) bond motifs is 1. The molecule has 0 N–H and O–H groups in total. The Morgan fingerprint density at radius 1 is 1.29 bits per heavy atom. The molecule has 2 rings (SSSR count). The third-order valence-electron chi connectivity index (χ3n) is 2.82. The molecule has 0 saturated heterocycles. The molecule has 2 aromatic rings. The number of aromatic nitrogens is 1. The topological polar surface area (TPSA) is 23.4 Å². The summed E-state index contributed by atoms with van der Waals surface area (Å²) in [5.74, 6) is 0. The first kappa shape index (κ1) is 12.0. The second kappa shape index (κ2) is 5.21. The number of benzene rings is 1. The fourth-order valence-corrected chi connectivity index (χ4v) is 2.10. The molecule has 0 atom stereocenters. The largest absolute Gasteiger partial charge is 0.511 e. The van der Waals surface area contributed by atoms with Crippen molar-refractivity contribution in [1.29, 1.82) is 0 Å². The van der Waals surface area contributed by atoms with Crippen LogP contribution in [0.2, 0.25) is 0 Å². The molecule has 4 heteroatoms. The predicted octanol–water partition coefficient (Wildman–Crippen LogP) is 1.82. The van der Waals surface area contributed by atoms with E-state index in [-0.39, 0.29) is 7.12 Å². The Bertz CT molecular complexity index is 517. The van der Waals surface area contributed by atoms with E-state index in [1.54, 1.807) is 14.2 Å². The number of hydrogen-bond acceptors (Lipinski definition) is 2. The molecule has 0 fully saturated rings. The smallest absolute Gasteiger partial charge is 0.409 e. The molecule has 1 aromatic heterocycles. The number of nitrogens with zero attached hydrogens (tertiary/aromatic N) is 1. The fraction of sp³-hybridized carbons (Fsp3) is 0.231. The number of rotatable bonds is 5. The predicted molar refractivity (Wildman–Crippen MR) is 71.5 cm³/mol. The standard InChI is InChI=1S/C13H16BNO2/c1-4-9-15-12-8-6-5-7-11(12)10-13(15)14(16-2)17-3/h4-8,10H,1,9H2,2-3H3. The Morgan fingerprint density at radius 3 is 2.65 bits per heavy atom. The van der Waals surface area contributed by atoms with Crippen molar-refractivity contribution in [3.8, 4) is 0 Å². The first-order valence-electron chi connectivity index (χ1n) is 5.56. The van der Waals surface area contributed by atoms with Gasteiger partial charge < -0.3 is 13.9 Å². The van der Waals surface area contributed by atoms with Crippen molar-refractivity contribution < 1.29 is 9.31 Å². The number of para-hydroxylation sites is 1. The lowest BCUT2D eigenvalue weighted by molar-refractivity contribution is 0.290. The van der Waals surface area contributed by atoms with Crippen LogP contribution >= 0.6 is 0 Å². The molecule has 0 saturated carbocycles. The Hall–Kier alpha value is -1.52. The van der Waals surface area contributed by atoms with E-state index < -0.39 is 0 Å². The van der Waals surface area contributed by atoms with Crippen molar-refractivity contribution in [2.75, 3.05) is 14.2 Å². The van der Waals surface area contributed by atoms with Crippen LogP contribution in [0.3, 0.4) is 0 Å². The molecule has 0 bridgehead atoms. The average Bonchev–Trinajstić information content (AvgIpc) is 2.71. The number of hydrogen-bond donors (Lipinski definition) is 0. The second-order valence-corrected chi connectivity index (χ2v) is 3.83. The summed E-state index contributed by atoms with van der Waals surface area (Å²) in [5, 5.41) is 1.18. The van der Waals surface area contributed by atoms with E-state index in [1.807, 2.05) is 18.2 Å². The van der Waals surface area contributed by atoms with Gasteiger partial charge in [0.05, 0.1) is 0 Å². The zero-order chi connectivity index (χ0) is 12.3. The molecule has 88 valence electrons. The maximum absolute atomic E-state index is 5.32. The highest BCUT2D eigenvalue weighted by atomic mass is 16.6. The first-order chi connectivity index (χ1) is 8.31. The third-order valence-corrected chi connectivity index (χ3v) is 2.82. The molecule has 0 amide bonds. The number of allylic oxidation sites excluding steroid dienone is 1. The SMILES string of the molecule is C=CCn1c(B(OC)OC)cc2ccccc21. The van der Waals surface area contributed by atoms with Gasteiger partial charge in [0, 0.05) is 31.9 Å². The first-order valence-corrected chi connectivity index (χ1v) is 5.56. The van der Waals surface area contributed by atoms with E-state index >= 15 is 0 Å². The van der Waals surface area contributed by atoms with Crippen molar-refractivity contribution in [3.63, 3.8) is 0 Å². The highest BCUT2D eigenvalue weighted by Gasteiger charge is 2.23. The zero-order valence-electron chi connectivity index (χ0n) is 10.2. The maximum Gasteiger partial charge on any atom is 0.511 e. The summed E-state index contributed by atoms with van der Waals surface area (Å²) in [6.07, 6.45) is 1.87. The lowest BCUT2D eigenvalue weighted by atomic mass is 9.84. The quantitative estimate of drug-likeness (QED) is 0.576. The normalized spacial score (nSPS) is 10.7. The Labute approximate surface area is 102 Å². The van der Waals surface area contributed by atoms with Crippen molar-refractivity contribution in [2.45, 2.75) is 6.54 Å². The van der Waals surface area contributed by atoms with Crippen molar-refractivity contribution >= 4 is 23.6 Å². The van der Waals surface area contributed by atoms with Gasteiger partial charge in [0.15, 0.2) is 0 Å². The zero-order valence-corrected chi connectivity index (χ0v) is 10.2. The van der Waals surface area contributed by atoms with E-state index in [1.165, 1.54) is 10.9 Å². The van der Waals surface area contributed by atoms with Crippen LogP contribution in [0.1, 0.15) is 0 Å². The molecule has 1 aromatic carbocycles. The van der Waals surface area contributed by atoms with Crippen LogP contribution < -0.4 is 5.59 Å². The minimum absolute atomic E-state index is 0.345. The minimum Gasteiger partial charge on any atom is -0.409 e. The van der Waals surface area contributed by atoms with Crippen LogP contribution in [0.4, 0.5) is 0 Å². The molecule has 0 spiro atoms. The van der Waals surface area contributed by atoms with Gasteiger partial charge >= 0.3 is 7.12 Å². The van der Waals surface area contributed by atoms with Crippen molar-refractivity contribution in [2.24, 2.45) is 0 Å². The van der Waals surface area contributed by atoms with Crippen LogP contribution in [0.5, 0.6) is 0 Å².